The highest BCUT2D eigenvalue weighted by atomic mass is 14.3. The predicted molar refractivity (Wildman–Crippen MR) is 631 cm³/mol. The van der Waals surface area contributed by atoms with Crippen molar-refractivity contribution in [3.05, 3.63) is 582 Å². The number of hydrogen-bond donors (Lipinski definition) is 0. The number of fused-ring (bicyclic) bond motifs is 14. The Kier molecular flexibility index (Phi) is 15.6. The summed E-state index contributed by atoms with van der Waals surface area (Å²) in [6, 6.07) is 112. The lowest BCUT2D eigenvalue weighted by molar-refractivity contribution is 1.61. The molecule has 0 fully saturated rings. The van der Waals surface area contributed by atoms with E-state index in [9.17, 15) is 11.0 Å². The summed E-state index contributed by atoms with van der Waals surface area (Å²) < 4.78 is 284. The average molecular weight is 1880 g/mol. The van der Waals surface area contributed by atoms with Crippen molar-refractivity contribution in [1.82, 2.24) is 0 Å². The van der Waals surface area contributed by atoms with Crippen LogP contribution in [0.5, 0.6) is 0 Å². The highest BCUT2D eigenvalue weighted by molar-refractivity contribution is 6.28. The molecule has 0 heterocycles. The molecule has 0 N–H and O–H groups in total. The van der Waals surface area contributed by atoms with Crippen LogP contribution in [0.4, 0.5) is 0 Å². The third-order valence-electron chi connectivity index (χ3n) is 27.5. The molecule has 146 heavy (non-hydrogen) atoms. The normalized spacial score (nSPS) is 14.5. The molecule has 0 nitrogen and oxygen atoms in total. The van der Waals surface area contributed by atoms with E-state index in [-0.39, 0.29) is 183 Å². The molecule has 29 aromatic rings. The SMILES string of the molecule is [2H]c1c([2H])c([2H])c2c(-c3ccc(-c4ccccc4)c4ccccc34)c3c([2H])c([2H])c([2H])c([2H])c3c(-c3ccc4ccccc4c3)c2c1[2H].[2H]c1c([2H])c([2H])c2c(-c3ccc4ccccc4c3)c3c([2H])c([2H])c([2H])c([2H])c3c(-c3ccc(-c4ccccc4)cc3)c2c1[2H].[2H]c1c([2H])c([2H])c2c(-c3ccc4ccccc4c3)c3c([2H])c([2H])c([2H])c([2H])c3c(-c3ccccc3)c2c1[2H].[2H]c1c([2H])c([2H])c2c(-c3cccc4ccccc34)c3c([2H])c([2H])c([2H])c([2H])c3c(-c3cccc(-c4cccc5ccccc45)c3)c2c1[2H]. The van der Waals surface area contributed by atoms with Gasteiger partial charge in [0.15, 0.2) is 0 Å². The molecule has 0 unspecified atom stereocenters. The summed E-state index contributed by atoms with van der Waals surface area (Å²) in [6.07, 6.45) is 0. The van der Waals surface area contributed by atoms with E-state index in [1.54, 1.807) is 24.3 Å². The Morgan fingerprint density at radius 3 is 0.658 bits per heavy atom. The number of rotatable bonds is 11. The van der Waals surface area contributed by atoms with E-state index in [0.29, 0.717) is 89.0 Å². The van der Waals surface area contributed by atoms with Crippen molar-refractivity contribution in [2.75, 3.05) is 0 Å². The zero-order valence-corrected chi connectivity index (χ0v) is 78.0. The predicted octanol–water partition coefficient (Wildman–Crippen LogP) is 41.2. The lowest BCUT2D eigenvalue weighted by atomic mass is 9.83. The standard InChI is InChI=1S/2C40H26.C36H24.C30H20/c1-3-18-31-27(12-1)14-10-24-33(31)29-16-9-17-30(26-29)39-35-20-5-7-22-37(35)40(38-23-8-6-21-36(38)39)34-25-11-15-28-13-2-4-19-32(28)34;1-2-13-28(14-3-1)31-24-25-38(33-17-7-6-16-32(31)33)40-36-20-10-8-18-34(36)39(35-19-9-11-21-37(35)40)30-23-22-27-12-4-5-15-29(27)26-30;1-2-10-25(11-3-1)27-18-21-28(22-19-27)35-31-14-6-8-16-33(31)36(34-17-9-7-15-32(34)35)30-23-20-26-12-4-5-13-29(26)24-30;1-2-11-22(12-3-1)29-25-14-6-8-16-27(25)30(28-17-9-7-15-26(28)29)24-19-18-21-10-4-5-13-23(21)20-24/h2*1-26H;1-24H;1-20H/i5D,6D,7D,8D,20D,21D,22D,23D;8D,9D,10D,11D,18D,19D,20D,21D;2*6D,7D,8D,9D,14D,15D,16D,17D. The van der Waals surface area contributed by atoms with Crippen LogP contribution in [-0.4, -0.2) is 0 Å². The first-order valence-corrected chi connectivity index (χ1v) is 48.0. The van der Waals surface area contributed by atoms with E-state index >= 15 is 0 Å². The molecule has 0 aliphatic rings. The van der Waals surface area contributed by atoms with Gasteiger partial charge in [-0.1, -0.05) is 557 Å². The highest BCUT2D eigenvalue weighted by Gasteiger charge is 2.25. The molecular formula is C146H96. The van der Waals surface area contributed by atoms with E-state index in [1.165, 1.54) is 0 Å². The lowest BCUT2D eigenvalue weighted by Gasteiger charge is -2.20. The molecule has 0 atom stereocenters. The summed E-state index contributed by atoms with van der Waals surface area (Å²) in [7, 11) is 0. The largest absolute Gasteiger partial charge is 0.0629 e. The number of benzene rings is 29. The molecule has 0 bridgehead atoms. The Morgan fingerprint density at radius 2 is 0.295 bits per heavy atom. The van der Waals surface area contributed by atoms with Crippen molar-refractivity contribution >= 4 is 151 Å². The molecule has 0 aromatic heterocycles. The zero-order valence-electron chi connectivity index (χ0n) is 110. The Morgan fingerprint density at radius 1 is 0.0959 bits per heavy atom. The maximum Gasteiger partial charge on any atom is 0.0629 e. The van der Waals surface area contributed by atoms with E-state index in [2.05, 4.69) is 0 Å². The topological polar surface area (TPSA) is 0 Å². The van der Waals surface area contributed by atoms with Crippen molar-refractivity contribution in [1.29, 1.82) is 0 Å². The Labute approximate surface area is 894 Å². The van der Waals surface area contributed by atoms with Gasteiger partial charge in [0.05, 0.1) is 43.9 Å². The van der Waals surface area contributed by atoms with Crippen LogP contribution in [-0.2, 0) is 0 Å². The van der Waals surface area contributed by atoms with Crippen LogP contribution in [0.25, 0.3) is 273 Å². The minimum Gasteiger partial charge on any atom is -0.0622 e. The fourth-order valence-corrected chi connectivity index (χ4v) is 21.0. The van der Waals surface area contributed by atoms with Gasteiger partial charge in [-0.3, -0.25) is 0 Å². The summed E-state index contributed by atoms with van der Waals surface area (Å²) in [5.41, 5.74) is 13.4. The van der Waals surface area contributed by atoms with Gasteiger partial charge in [0.1, 0.15) is 0 Å². The maximum absolute atomic E-state index is 9.30. The maximum atomic E-state index is 9.30. The second kappa shape index (κ2) is 38.2. The minimum atomic E-state index is -0.414. The van der Waals surface area contributed by atoms with E-state index in [4.69, 9.17) is 32.9 Å². The smallest absolute Gasteiger partial charge is 0.0622 e. The molecule has 0 spiro atoms. The van der Waals surface area contributed by atoms with Crippen LogP contribution in [0.2, 0.25) is 0 Å². The Hall–Kier alpha value is -19.0. The van der Waals surface area contributed by atoms with E-state index in [0.717, 1.165) is 98.0 Å². The van der Waals surface area contributed by atoms with E-state index in [1.807, 2.05) is 364 Å². The van der Waals surface area contributed by atoms with Crippen molar-refractivity contribution < 1.29 is 43.9 Å². The van der Waals surface area contributed by atoms with Crippen molar-refractivity contribution in [2.45, 2.75) is 0 Å². The van der Waals surface area contributed by atoms with Gasteiger partial charge in [0.2, 0.25) is 0 Å². The van der Waals surface area contributed by atoms with Crippen LogP contribution in [0.1, 0.15) is 43.9 Å². The molecule has 0 heteroatoms. The molecule has 680 valence electrons. The molecular weight excluding hydrogens is 1750 g/mol. The lowest BCUT2D eigenvalue weighted by Crippen LogP contribution is -1.92. The zero-order chi connectivity index (χ0) is 125. The fourth-order valence-electron chi connectivity index (χ4n) is 21.0. The molecule has 0 amide bonds. The van der Waals surface area contributed by atoms with Crippen LogP contribution >= 0.6 is 0 Å². The first-order valence-electron chi connectivity index (χ1n) is 64.0. The van der Waals surface area contributed by atoms with Gasteiger partial charge in [-0.15, -0.1) is 0 Å². The van der Waals surface area contributed by atoms with Gasteiger partial charge in [-0.2, -0.15) is 0 Å². The molecule has 29 rings (SSSR count). The minimum absolute atomic E-state index is 0.205. The fraction of sp³-hybridized carbons (Fsp3) is 0. The van der Waals surface area contributed by atoms with Gasteiger partial charge in [-0.25, -0.2) is 0 Å². The molecule has 0 saturated heterocycles. The van der Waals surface area contributed by atoms with E-state index < -0.39 is 96.7 Å². The molecule has 0 radical (unpaired) electrons. The highest BCUT2D eigenvalue weighted by Crippen LogP contribution is 2.52. The second-order valence-corrected chi connectivity index (χ2v) is 35.7. The van der Waals surface area contributed by atoms with Gasteiger partial charge in [0.25, 0.3) is 0 Å². The Bertz CT molecular complexity index is 11900. The van der Waals surface area contributed by atoms with Crippen LogP contribution in [0.15, 0.2) is 582 Å². The summed E-state index contributed by atoms with van der Waals surface area (Å²) >= 11 is 0. The third-order valence-corrected chi connectivity index (χ3v) is 27.5. The number of hydrogen-bond acceptors (Lipinski definition) is 0. The molecule has 29 aromatic carbocycles. The average Bonchev–Trinajstić information content (AvgIpc) is 0.704. The van der Waals surface area contributed by atoms with Gasteiger partial charge >= 0.3 is 0 Å². The van der Waals surface area contributed by atoms with Gasteiger partial charge in [0, 0.05) is 0 Å². The molecule has 0 aliphatic carbocycles. The monoisotopic (exact) mass is 1880 g/mol. The first kappa shape index (κ1) is 59.6. The summed E-state index contributed by atoms with van der Waals surface area (Å²) in [5, 5.41) is 14.5. The summed E-state index contributed by atoms with van der Waals surface area (Å²) in [5.74, 6) is 0. The van der Waals surface area contributed by atoms with Gasteiger partial charge in [-0.05, 0) is 297 Å². The van der Waals surface area contributed by atoms with Crippen LogP contribution in [0.3, 0.4) is 0 Å². The quantitative estimate of drug-likeness (QED) is 0.113. The van der Waals surface area contributed by atoms with Crippen molar-refractivity contribution in [3.8, 4) is 122 Å². The van der Waals surface area contributed by atoms with Gasteiger partial charge < -0.3 is 0 Å². The van der Waals surface area contributed by atoms with Crippen LogP contribution in [0, 0.1) is 0 Å². The summed E-state index contributed by atoms with van der Waals surface area (Å²) in [4.78, 5) is 0. The third kappa shape index (κ3) is 16.0. The van der Waals surface area contributed by atoms with Crippen LogP contribution < -0.4 is 0 Å². The molecule has 0 saturated carbocycles. The second-order valence-electron chi connectivity index (χ2n) is 35.7. The first-order chi connectivity index (χ1) is 85.8. The van der Waals surface area contributed by atoms with Crippen molar-refractivity contribution in [3.63, 3.8) is 0 Å². The summed E-state index contributed by atoms with van der Waals surface area (Å²) in [6.45, 7) is 0. The van der Waals surface area contributed by atoms with Crippen molar-refractivity contribution in [2.24, 2.45) is 0 Å². The molecule has 0 aliphatic heterocycles. The Balaban J connectivity index is 0.000000115.